The number of benzene rings is 1. The van der Waals surface area contributed by atoms with Crippen LogP contribution in [0.4, 0.5) is 5.69 Å². The van der Waals surface area contributed by atoms with E-state index in [9.17, 15) is 14.3 Å². The third-order valence-corrected chi connectivity index (χ3v) is 2.48. The Morgan fingerprint density at radius 1 is 1.50 bits per heavy atom. The molecule has 0 aromatic heterocycles. The minimum atomic E-state index is -1.03. The van der Waals surface area contributed by atoms with Gasteiger partial charge in [-0.1, -0.05) is 11.6 Å². The molecule has 0 spiro atoms. The molecule has 1 aromatic rings. The number of nitrogens with zero attached hydrogens (tertiary/aromatic N) is 1. The zero-order valence-electron chi connectivity index (χ0n) is 7.40. The highest BCUT2D eigenvalue weighted by atomic mass is 35.5. The second-order valence-electron chi connectivity index (χ2n) is 2.79. The normalized spacial score (nSPS) is 12.4. The fourth-order valence-corrected chi connectivity index (χ4v) is 1.94. The van der Waals surface area contributed by atoms with E-state index in [0.717, 1.165) is 0 Å². The van der Waals surface area contributed by atoms with Crippen LogP contribution in [0.15, 0.2) is 18.2 Å². The van der Waals surface area contributed by atoms with E-state index >= 15 is 0 Å². The fourth-order valence-electron chi connectivity index (χ4n) is 1.06. The largest absolute Gasteiger partial charge is 0.271 e. The average Bonchev–Trinajstić information content (AvgIpc) is 2.01. The topological polar surface area (TPSA) is 60.2 Å². The number of nitro benzene ring substituents is 1. The number of non-ortho nitro benzene ring substituents is 1. The Bertz CT molecular complexity index is 394. The minimum absolute atomic E-state index is 0.0713. The zero-order valence-corrected chi connectivity index (χ0v) is 8.97. The molecule has 0 bridgehead atoms. The van der Waals surface area contributed by atoms with E-state index in [4.69, 9.17) is 11.6 Å². The highest BCUT2D eigenvalue weighted by Gasteiger charge is 2.09. The average molecular weight is 234 g/mol. The van der Waals surface area contributed by atoms with Gasteiger partial charge in [0.15, 0.2) is 0 Å². The van der Waals surface area contributed by atoms with Crippen LogP contribution in [0.25, 0.3) is 0 Å². The maximum atomic E-state index is 10.9. The number of nitro groups is 1. The smallest absolute Gasteiger partial charge is 0.260 e. The third kappa shape index (κ3) is 3.08. The lowest BCUT2D eigenvalue weighted by Gasteiger charge is -1.99. The number of halogens is 1. The Hall–Kier alpha value is -0.940. The van der Waals surface area contributed by atoms with Crippen LogP contribution in [0.3, 0.4) is 0 Å². The van der Waals surface area contributed by atoms with Gasteiger partial charge in [-0.2, -0.15) is 0 Å². The van der Waals surface area contributed by atoms with E-state index < -0.39 is 15.7 Å². The van der Waals surface area contributed by atoms with E-state index in [1.165, 1.54) is 18.4 Å². The molecule has 0 fully saturated rings. The fraction of sp³-hybridized carbons (Fsp3) is 0.250. The Labute approximate surface area is 88.5 Å². The molecule has 0 aliphatic carbocycles. The molecule has 1 rings (SSSR count). The quantitative estimate of drug-likeness (QED) is 0.594. The summed E-state index contributed by atoms with van der Waals surface area (Å²) in [5, 5.41) is 10.8. The predicted octanol–water partition coefficient (Wildman–Crippen LogP) is 2.13. The van der Waals surface area contributed by atoms with Gasteiger partial charge in [0.2, 0.25) is 0 Å². The van der Waals surface area contributed by atoms with E-state index in [2.05, 4.69) is 0 Å². The highest BCUT2D eigenvalue weighted by Crippen LogP contribution is 2.21. The molecule has 1 atom stereocenters. The van der Waals surface area contributed by atoms with Crippen molar-refractivity contribution in [3.63, 3.8) is 0 Å². The van der Waals surface area contributed by atoms with Crippen molar-refractivity contribution in [1.82, 2.24) is 0 Å². The summed E-state index contributed by atoms with van der Waals surface area (Å²) >= 11 is 5.67. The SMILES string of the molecule is C[S@@](=O)Cc1cc(Cl)cc([N+](=O)[O-])c1. The van der Waals surface area contributed by atoms with Crippen molar-refractivity contribution in [2.45, 2.75) is 5.75 Å². The van der Waals surface area contributed by atoms with Crippen molar-refractivity contribution in [3.05, 3.63) is 38.9 Å². The summed E-state index contributed by atoms with van der Waals surface area (Å²) in [6, 6.07) is 4.23. The Morgan fingerprint density at radius 2 is 2.14 bits per heavy atom. The molecular weight excluding hydrogens is 226 g/mol. The van der Waals surface area contributed by atoms with Gasteiger partial charge in [0.1, 0.15) is 0 Å². The Balaban J connectivity index is 3.07. The van der Waals surface area contributed by atoms with Gasteiger partial charge in [-0.15, -0.1) is 0 Å². The van der Waals surface area contributed by atoms with Crippen molar-refractivity contribution in [1.29, 1.82) is 0 Å². The molecule has 0 aliphatic rings. The van der Waals surface area contributed by atoms with Gasteiger partial charge in [0, 0.05) is 40.0 Å². The summed E-state index contributed by atoms with van der Waals surface area (Å²) in [7, 11) is -1.03. The molecule has 0 unspecified atom stereocenters. The summed E-state index contributed by atoms with van der Waals surface area (Å²) in [4.78, 5) is 9.94. The summed E-state index contributed by atoms with van der Waals surface area (Å²) in [5.41, 5.74) is 0.544. The lowest BCUT2D eigenvalue weighted by atomic mass is 10.2. The van der Waals surface area contributed by atoms with Crippen LogP contribution in [0.1, 0.15) is 5.56 Å². The lowest BCUT2D eigenvalue weighted by Crippen LogP contribution is -1.95. The molecule has 6 heteroatoms. The molecule has 1 aromatic carbocycles. The van der Waals surface area contributed by atoms with Crippen LogP contribution < -0.4 is 0 Å². The van der Waals surface area contributed by atoms with Gasteiger partial charge in [-0.25, -0.2) is 0 Å². The van der Waals surface area contributed by atoms with Crippen LogP contribution in [-0.2, 0) is 16.6 Å². The van der Waals surface area contributed by atoms with Gasteiger partial charge >= 0.3 is 0 Å². The molecule has 0 amide bonds. The molecule has 76 valence electrons. The monoisotopic (exact) mass is 233 g/mol. The van der Waals surface area contributed by atoms with E-state index in [0.29, 0.717) is 10.6 Å². The number of hydrogen-bond acceptors (Lipinski definition) is 3. The molecular formula is C8H8ClNO3S. The van der Waals surface area contributed by atoms with Gasteiger partial charge in [0.25, 0.3) is 5.69 Å². The number of rotatable bonds is 3. The van der Waals surface area contributed by atoms with Crippen molar-refractivity contribution in [3.8, 4) is 0 Å². The minimum Gasteiger partial charge on any atom is -0.260 e. The van der Waals surface area contributed by atoms with Gasteiger partial charge in [0.05, 0.1) is 4.92 Å². The summed E-state index contributed by atoms with van der Waals surface area (Å²) in [6.45, 7) is 0. The molecule has 4 nitrogen and oxygen atoms in total. The van der Waals surface area contributed by atoms with E-state index in [1.54, 1.807) is 6.07 Å². The van der Waals surface area contributed by atoms with Crippen molar-refractivity contribution in [2.75, 3.05) is 6.26 Å². The lowest BCUT2D eigenvalue weighted by molar-refractivity contribution is -0.384. The first kappa shape index (κ1) is 11.1. The van der Waals surface area contributed by atoms with Crippen molar-refractivity contribution < 1.29 is 9.13 Å². The summed E-state index contributed by atoms with van der Waals surface area (Å²) < 4.78 is 10.9. The predicted molar refractivity (Wildman–Crippen MR) is 55.9 cm³/mol. The molecule has 0 N–H and O–H groups in total. The molecule has 14 heavy (non-hydrogen) atoms. The maximum Gasteiger partial charge on any atom is 0.271 e. The first-order valence-corrected chi connectivity index (χ1v) is 5.83. The molecule has 0 saturated heterocycles. The van der Waals surface area contributed by atoms with Crippen LogP contribution >= 0.6 is 11.6 Å². The Kier molecular flexibility index (Phi) is 3.60. The molecule has 0 aliphatic heterocycles. The van der Waals surface area contributed by atoms with Crippen molar-refractivity contribution >= 4 is 28.1 Å². The zero-order chi connectivity index (χ0) is 10.7. The first-order chi connectivity index (χ1) is 6.49. The third-order valence-electron chi connectivity index (χ3n) is 1.52. The molecule has 0 saturated carbocycles. The Morgan fingerprint density at radius 3 is 2.64 bits per heavy atom. The van der Waals surface area contributed by atoms with Gasteiger partial charge in [-0.05, 0) is 11.6 Å². The van der Waals surface area contributed by atoms with Crippen molar-refractivity contribution in [2.24, 2.45) is 0 Å². The standard InChI is InChI=1S/C8H8ClNO3S/c1-14(13)5-6-2-7(9)4-8(3-6)10(11)12/h2-4H,5H2,1H3/t14-/m1/s1. The van der Waals surface area contributed by atoms with E-state index in [1.807, 2.05) is 0 Å². The van der Waals surface area contributed by atoms with Gasteiger partial charge in [-0.3, -0.25) is 14.3 Å². The highest BCUT2D eigenvalue weighted by molar-refractivity contribution is 7.83. The van der Waals surface area contributed by atoms with E-state index in [-0.39, 0.29) is 11.4 Å². The summed E-state index contributed by atoms with van der Waals surface area (Å²) in [5.74, 6) is 0.279. The van der Waals surface area contributed by atoms with Crippen LogP contribution in [0.5, 0.6) is 0 Å². The molecule has 0 radical (unpaired) electrons. The van der Waals surface area contributed by atoms with Gasteiger partial charge < -0.3 is 0 Å². The van der Waals surface area contributed by atoms with Crippen LogP contribution in [0.2, 0.25) is 5.02 Å². The second-order valence-corrected chi connectivity index (χ2v) is 4.66. The maximum absolute atomic E-state index is 10.9. The number of hydrogen-bond donors (Lipinski definition) is 0. The first-order valence-electron chi connectivity index (χ1n) is 3.73. The molecule has 0 heterocycles. The van der Waals surface area contributed by atoms with Crippen LogP contribution in [0, 0.1) is 10.1 Å². The summed E-state index contributed by atoms with van der Waals surface area (Å²) in [6.07, 6.45) is 1.53. The second kappa shape index (κ2) is 4.52. The van der Waals surface area contributed by atoms with Crippen LogP contribution in [-0.4, -0.2) is 15.4 Å².